The molecule has 226 valence electrons. The number of anilines is 2. The summed E-state index contributed by atoms with van der Waals surface area (Å²) in [4.78, 5) is 26.6. The third kappa shape index (κ3) is 6.84. The Hall–Kier alpha value is -5.30. The molecule has 1 aliphatic rings. The number of hydrogen-bond donors (Lipinski definition) is 1. The van der Waals surface area contributed by atoms with Crippen LogP contribution in [0.15, 0.2) is 107 Å². The molecule has 4 aromatic carbocycles. The maximum atomic E-state index is 12.7. The molecule has 5 rings (SSSR count). The van der Waals surface area contributed by atoms with Crippen molar-refractivity contribution in [2.24, 2.45) is 0 Å². The van der Waals surface area contributed by atoms with Crippen LogP contribution in [0.25, 0.3) is 5.53 Å². The Morgan fingerprint density at radius 2 is 1.36 bits per heavy atom. The largest absolute Gasteiger partial charge is 0.497 e. The highest BCUT2D eigenvalue weighted by Gasteiger charge is 2.35. The van der Waals surface area contributed by atoms with E-state index in [0.717, 1.165) is 4.31 Å². The van der Waals surface area contributed by atoms with E-state index < -0.39 is 25.8 Å². The number of para-hydroxylation sites is 2. The standard InChI is InChI=1S/C15H13N3O4S.C15H13NO4S/c1-22-11-6-8-12(9-7-11)23(20,21)18-14-5-3-2-4-13(14)15(19)10-17-16;1-20-11-6-8-12(9-7-11)21(18,19)16-10-15(17)13-4-2-3-5-14(13)16/h2-10,18H,1H3;2-9H,10H2,1H3. The molecule has 14 heteroatoms. The van der Waals surface area contributed by atoms with Crippen LogP contribution in [0.2, 0.25) is 0 Å². The molecule has 0 amide bonds. The minimum atomic E-state index is -3.87. The van der Waals surface area contributed by atoms with E-state index in [-0.39, 0.29) is 33.4 Å². The summed E-state index contributed by atoms with van der Waals surface area (Å²) >= 11 is 0. The first kappa shape index (κ1) is 31.6. The van der Waals surface area contributed by atoms with Crippen molar-refractivity contribution in [3.63, 3.8) is 0 Å². The Labute approximate surface area is 254 Å². The number of benzene rings is 4. The van der Waals surface area contributed by atoms with E-state index in [1.165, 1.54) is 62.8 Å². The third-order valence-corrected chi connectivity index (χ3v) is 9.54. The van der Waals surface area contributed by atoms with Gasteiger partial charge in [0.25, 0.3) is 25.8 Å². The zero-order valence-corrected chi connectivity index (χ0v) is 25.1. The lowest BCUT2D eigenvalue weighted by atomic mass is 10.1. The van der Waals surface area contributed by atoms with Crippen LogP contribution in [0.4, 0.5) is 11.4 Å². The number of fused-ring (bicyclic) bond motifs is 1. The Morgan fingerprint density at radius 3 is 1.95 bits per heavy atom. The molecule has 44 heavy (non-hydrogen) atoms. The average molecular weight is 635 g/mol. The topological polar surface area (TPSA) is 173 Å². The van der Waals surface area contributed by atoms with Crippen LogP contribution in [-0.2, 0) is 20.0 Å². The predicted molar refractivity (Wildman–Crippen MR) is 163 cm³/mol. The van der Waals surface area contributed by atoms with Crippen LogP contribution in [0.5, 0.6) is 11.5 Å². The maximum absolute atomic E-state index is 12.7. The van der Waals surface area contributed by atoms with Crippen LogP contribution >= 0.6 is 0 Å². The van der Waals surface area contributed by atoms with Crippen molar-refractivity contribution < 1.29 is 40.7 Å². The fourth-order valence-corrected chi connectivity index (χ4v) is 6.70. The molecular weight excluding hydrogens is 608 g/mol. The first-order chi connectivity index (χ1) is 21.0. The Kier molecular flexibility index (Phi) is 9.59. The van der Waals surface area contributed by atoms with Gasteiger partial charge >= 0.3 is 6.21 Å². The second kappa shape index (κ2) is 13.3. The van der Waals surface area contributed by atoms with Gasteiger partial charge in [-0.1, -0.05) is 24.3 Å². The van der Waals surface area contributed by atoms with Gasteiger partial charge in [-0.05, 0) is 72.8 Å². The highest BCUT2D eigenvalue weighted by molar-refractivity contribution is 7.93. The van der Waals surface area contributed by atoms with Crippen molar-refractivity contribution in [1.82, 2.24) is 0 Å². The van der Waals surface area contributed by atoms with Gasteiger partial charge in [-0.15, -0.1) is 0 Å². The maximum Gasteiger partial charge on any atom is 0.328 e. The van der Waals surface area contributed by atoms with Crippen molar-refractivity contribution in [2.75, 3.05) is 29.8 Å². The zero-order valence-electron chi connectivity index (χ0n) is 23.4. The molecule has 0 radical (unpaired) electrons. The number of ether oxygens (including phenoxy) is 2. The SMILES string of the molecule is COc1ccc(S(=O)(=O)N2CC(=O)c3ccccc32)cc1.COc1ccc(S(=O)(=O)Nc2ccccc2C(=O)C=[N+]=[N-])cc1. The van der Waals surface area contributed by atoms with E-state index in [2.05, 4.69) is 9.51 Å². The number of Topliss-reactive ketones (excluding diaryl/α,β-unsaturated/α-hetero) is 2. The van der Waals surface area contributed by atoms with E-state index in [0.29, 0.717) is 29.0 Å². The number of sulfonamides is 2. The van der Waals surface area contributed by atoms with Crippen LogP contribution in [0.1, 0.15) is 20.7 Å². The normalized spacial score (nSPS) is 12.2. The number of carbonyl (C=O) groups is 2. The molecule has 0 aromatic heterocycles. The number of nitrogens with one attached hydrogen (secondary N) is 1. The van der Waals surface area contributed by atoms with Gasteiger partial charge in [0.05, 0.1) is 47.5 Å². The average Bonchev–Trinajstić information content (AvgIpc) is 3.38. The number of ketones is 2. The van der Waals surface area contributed by atoms with Crippen LogP contribution < -0.4 is 18.5 Å². The highest BCUT2D eigenvalue weighted by atomic mass is 32.2. The van der Waals surface area contributed by atoms with Gasteiger partial charge in [-0.3, -0.25) is 18.6 Å². The van der Waals surface area contributed by atoms with Crippen LogP contribution in [0, 0.1) is 0 Å². The second-order valence-electron chi connectivity index (χ2n) is 9.06. The molecule has 0 saturated carbocycles. The summed E-state index contributed by atoms with van der Waals surface area (Å²) < 4.78 is 63.6. The molecule has 0 saturated heterocycles. The van der Waals surface area contributed by atoms with Gasteiger partial charge in [0.15, 0.2) is 5.78 Å². The second-order valence-corrected chi connectivity index (χ2v) is 12.6. The molecule has 0 spiro atoms. The summed E-state index contributed by atoms with van der Waals surface area (Å²) in [6.45, 7) is -0.159. The van der Waals surface area contributed by atoms with E-state index >= 15 is 0 Å². The fourth-order valence-electron chi connectivity index (χ4n) is 4.18. The molecule has 1 N–H and O–H groups in total. The van der Waals surface area contributed by atoms with Crippen molar-refractivity contribution in [3.8, 4) is 11.5 Å². The summed E-state index contributed by atoms with van der Waals surface area (Å²) in [5, 5.41) is 0. The van der Waals surface area contributed by atoms with Crippen LogP contribution in [-0.4, -0.2) is 60.2 Å². The molecule has 0 aliphatic carbocycles. The first-order valence-electron chi connectivity index (χ1n) is 12.8. The van der Waals surface area contributed by atoms with Crippen molar-refractivity contribution in [2.45, 2.75) is 9.79 Å². The summed E-state index contributed by atoms with van der Waals surface area (Å²) in [6, 6.07) is 24.7. The molecule has 12 nitrogen and oxygen atoms in total. The van der Waals surface area contributed by atoms with Gasteiger partial charge < -0.3 is 15.0 Å². The first-order valence-corrected chi connectivity index (χ1v) is 15.7. The predicted octanol–water partition coefficient (Wildman–Crippen LogP) is 4.07. The van der Waals surface area contributed by atoms with E-state index in [9.17, 15) is 26.4 Å². The molecule has 1 aliphatic heterocycles. The summed E-state index contributed by atoms with van der Waals surface area (Å²) in [5.41, 5.74) is 9.48. The monoisotopic (exact) mass is 634 g/mol. The van der Waals surface area contributed by atoms with Crippen molar-refractivity contribution in [1.29, 1.82) is 0 Å². The molecule has 0 unspecified atom stereocenters. The van der Waals surface area contributed by atoms with Gasteiger partial charge in [0.2, 0.25) is 0 Å². The smallest absolute Gasteiger partial charge is 0.328 e. The molecule has 0 atom stereocenters. The minimum absolute atomic E-state index is 0.0244. The van der Waals surface area contributed by atoms with Gasteiger partial charge in [-0.25, -0.2) is 16.8 Å². The number of rotatable bonds is 9. The fraction of sp³-hybridized carbons (Fsp3) is 0.100. The van der Waals surface area contributed by atoms with Crippen LogP contribution in [0.3, 0.4) is 0 Å². The summed E-state index contributed by atoms with van der Waals surface area (Å²) in [6.07, 6.45) is 0.695. The molecule has 0 fully saturated rings. The summed E-state index contributed by atoms with van der Waals surface area (Å²) in [5.74, 6) is 0.286. The zero-order chi connectivity index (χ0) is 31.9. The van der Waals surface area contributed by atoms with E-state index in [1.807, 2.05) is 0 Å². The van der Waals surface area contributed by atoms with Gasteiger partial charge in [0, 0.05) is 5.56 Å². The molecule has 1 heterocycles. The highest BCUT2D eigenvalue weighted by Crippen LogP contribution is 2.33. The van der Waals surface area contributed by atoms with Gasteiger partial charge in [-0.2, -0.15) is 4.79 Å². The number of nitrogens with zero attached hydrogens (tertiary/aromatic N) is 3. The minimum Gasteiger partial charge on any atom is -0.497 e. The summed E-state index contributed by atoms with van der Waals surface area (Å²) in [7, 11) is -4.64. The number of carbonyl (C=O) groups excluding carboxylic acids is 2. The van der Waals surface area contributed by atoms with E-state index in [4.69, 9.17) is 15.0 Å². The third-order valence-electron chi connectivity index (χ3n) is 6.39. The van der Waals surface area contributed by atoms with E-state index in [1.54, 1.807) is 48.5 Å². The Bertz CT molecular complexity index is 1950. The molecule has 4 aromatic rings. The number of hydrogen-bond acceptors (Lipinski definition) is 8. The number of methoxy groups -OCH3 is 2. The van der Waals surface area contributed by atoms with Crippen molar-refractivity contribution in [3.05, 3.63) is 114 Å². The quantitative estimate of drug-likeness (QED) is 0.124. The molecule has 0 bridgehead atoms. The lowest BCUT2D eigenvalue weighted by Crippen LogP contribution is -2.30. The van der Waals surface area contributed by atoms with Crippen molar-refractivity contribution >= 4 is 49.2 Å². The lowest BCUT2D eigenvalue weighted by Gasteiger charge is -2.18. The molecular formula is C30H26N4O8S2. The Balaban J connectivity index is 0.000000201. The lowest BCUT2D eigenvalue weighted by molar-refractivity contribution is 0.00235. The van der Waals surface area contributed by atoms with Gasteiger partial charge in [0.1, 0.15) is 11.5 Å². The Morgan fingerprint density at radius 1 is 0.818 bits per heavy atom.